The van der Waals surface area contributed by atoms with E-state index in [-0.39, 0.29) is 11.1 Å². The quantitative estimate of drug-likeness (QED) is 0.500. The molecule has 0 spiro atoms. The Kier molecular flexibility index (Phi) is 4.27. The molecule has 1 unspecified atom stereocenters. The highest BCUT2D eigenvalue weighted by Crippen LogP contribution is 2.37. The SMILES string of the molecule is Cc1cc(SC(CC(=N)N)c2ccccc2)n(C)n1. The molecular formula is C14H18N4S. The van der Waals surface area contributed by atoms with Gasteiger partial charge in [0.25, 0.3) is 0 Å². The highest BCUT2D eigenvalue weighted by atomic mass is 32.2. The van der Waals surface area contributed by atoms with Crippen molar-refractivity contribution >= 4 is 17.6 Å². The van der Waals surface area contributed by atoms with E-state index in [1.807, 2.05) is 36.9 Å². The van der Waals surface area contributed by atoms with Crippen molar-refractivity contribution in [3.05, 3.63) is 47.7 Å². The third-order valence-electron chi connectivity index (χ3n) is 2.80. The minimum absolute atomic E-state index is 0.147. The van der Waals surface area contributed by atoms with E-state index < -0.39 is 0 Å². The van der Waals surface area contributed by atoms with Gasteiger partial charge in [-0.05, 0) is 18.6 Å². The van der Waals surface area contributed by atoms with E-state index >= 15 is 0 Å². The van der Waals surface area contributed by atoms with E-state index in [4.69, 9.17) is 11.1 Å². The Morgan fingerprint density at radius 2 is 2.11 bits per heavy atom. The van der Waals surface area contributed by atoms with Gasteiger partial charge in [0.05, 0.1) is 16.6 Å². The van der Waals surface area contributed by atoms with Crippen molar-refractivity contribution in [2.24, 2.45) is 12.8 Å². The summed E-state index contributed by atoms with van der Waals surface area (Å²) in [5.74, 6) is 0.209. The van der Waals surface area contributed by atoms with Gasteiger partial charge in [-0.3, -0.25) is 10.1 Å². The van der Waals surface area contributed by atoms with Gasteiger partial charge < -0.3 is 5.73 Å². The van der Waals surface area contributed by atoms with Gasteiger partial charge in [0.2, 0.25) is 0 Å². The summed E-state index contributed by atoms with van der Waals surface area (Å²) in [6, 6.07) is 12.2. The Hall–Kier alpha value is -1.75. The number of nitrogens with one attached hydrogen (secondary N) is 1. The van der Waals surface area contributed by atoms with Gasteiger partial charge >= 0.3 is 0 Å². The predicted octanol–water partition coefficient (Wildman–Crippen LogP) is 2.89. The first kappa shape index (κ1) is 13.7. The van der Waals surface area contributed by atoms with Crippen molar-refractivity contribution in [1.29, 1.82) is 5.41 Å². The second-order valence-corrected chi connectivity index (χ2v) is 5.72. The lowest BCUT2D eigenvalue weighted by molar-refractivity contribution is 0.690. The molecule has 5 heteroatoms. The maximum atomic E-state index is 7.54. The fourth-order valence-electron chi connectivity index (χ4n) is 1.94. The third-order valence-corrected chi connectivity index (χ3v) is 4.15. The molecule has 0 saturated carbocycles. The summed E-state index contributed by atoms with van der Waals surface area (Å²) in [6.07, 6.45) is 0.541. The van der Waals surface area contributed by atoms with Crippen molar-refractivity contribution < 1.29 is 0 Å². The normalized spacial score (nSPS) is 12.3. The minimum Gasteiger partial charge on any atom is -0.388 e. The minimum atomic E-state index is 0.147. The van der Waals surface area contributed by atoms with Gasteiger partial charge in [-0.15, -0.1) is 0 Å². The first-order chi connectivity index (χ1) is 9.06. The summed E-state index contributed by atoms with van der Waals surface area (Å²) in [5.41, 5.74) is 7.76. The topological polar surface area (TPSA) is 67.7 Å². The van der Waals surface area contributed by atoms with Crippen LogP contribution >= 0.6 is 11.8 Å². The first-order valence-electron chi connectivity index (χ1n) is 6.11. The number of rotatable bonds is 5. The molecule has 0 radical (unpaired) electrons. The lowest BCUT2D eigenvalue weighted by atomic mass is 10.1. The smallest absolute Gasteiger partial charge is 0.0945 e. The highest BCUT2D eigenvalue weighted by Gasteiger charge is 2.16. The van der Waals surface area contributed by atoms with Crippen LogP contribution in [0, 0.1) is 12.3 Å². The van der Waals surface area contributed by atoms with Crippen LogP contribution in [0.4, 0.5) is 0 Å². The molecule has 100 valence electrons. The molecule has 0 amide bonds. The maximum absolute atomic E-state index is 7.54. The molecule has 19 heavy (non-hydrogen) atoms. The standard InChI is InChI=1S/C14H18N4S/c1-10-8-14(18(2)17-10)19-12(9-13(15)16)11-6-4-3-5-7-11/h3-8,12H,9H2,1-2H3,(H3,15,16). The number of aryl methyl sites for hydroxylation is 2. The van der Waals surface area contributed by atoms with Crippen molar-refractivity contribution in [1.82, 2.24) is 9.78 Å². The fourth-order valence-corrected chi connectivity index (χ4v) is 3.22. The van der Waals surface area contributed by atoms with Crippen LogP contribution < -0.4 is 5.73 Å². The van der Waals surface area contributed by atoms with Crippen LogP contribution in [-0.4, -0.2) is 15.6 Å². The van der Waals surface area contributed by atoms with Crippen LogP contribution in [0.1, 0.15) is 22.9 Å². The van der Waals surface area contributed by atoms with E-state index in [9.17, 15) is 0 Å². The van der Waals surface area contributed by atoms with Gasteiger partial charge in [-0.1, -0.05) is 42.1 Å². The number of amidine groups is 1. The average molecular weight is 274 g/mol. The van der Waals surface area contributed by atoms with E-state index in [1.54, 1.807) is 11.8 Å². The molecule has 2 rings (SSSR count). The zero-order valence-electron chi connectivity index (χ0n) is 11.1. The Morgan fingerprint density at radius 3 is 2.63 bits per heavy atom. The Balaban J connectivity index is 2.24. The number of nitrogens with zero attached hydrogens (tertiary/aromatic N) is 2. The van der Waals surface area contributed by atoms with Crippen molar-refractivity contribution in [3.63, 3.8) is 0 Å². The van der Waals surface area contributed by atoms with Crippen LogP contribution in [0.15, 0.2) is 41.4 Å². The number of aromatic nitrogens is 2. The lowest BCUT2D eigenvalue weighted by Gasteiger charge is -2.16. The average Bonchev–Trinajstić information content (AvgIpc) is 2.67. The largest absolute Gasteiger partial charge is 0.388 e. The summed E-state index contributed by atoms with van der Waals surface area (Å²) in [5, 5.41) is 13.1. The van der Waals surface area contributed by atoms with E-state index in [2.05, 4.69) is 23.3 Å². The predicted molar refractivity (Wildman–Crippen MR) is 79.5 cm³/mol. The zero-order valence-corrected chi connectivity index (χ0v) is 11.9. The summed E-state index contributed by atoms with van der Waals surface area (Å²) >= 11 is 1.70. The number of hydrogen-bond acceptors (Lipinski definition) is 3. The molecule has 1 atom stereocenters. The number of benzene rings is 1. The van der Waals surface area contributed by atoms with Gasteiger partial charge in [-0.2, -0.15) is 5.10 Å². The molecular weight excluding hydrogens is 256 g/mol. The second kappa shape index (κ2) is 5.93. The fraction of sp³-hybridized carbons (Fsp3) is 0.286. The number of thioether (sulfide) groups is 1. The third kappa shape index (κ3) is 3.61. The van der Waals surface area contributed by atoms with Gasteiger partial charge in [0.15, 0.2) is 0 Å². The van der Waals surface area contributed by atoms with Crippen molar-refractivity contribution in [2.75, 3.05) is 0 Å². The molecule has 0 saturated heterocycles. The van der Waals surface area contributed by atoms with Crippen molar-refractivity contribution in [3.8, 4) is 0 Å². The van der Waals surface area contributed by atoms with Gasteiger partial charge in [0.1, 0.15) is 0 Å². The van der Waals surface area contributed by atoms with E-state index in [0.717, 1.165) is 10.7 Å². The number of hydrogen-bond donors (Lipinski definition) is 2. The summed E-state index contributed by atoms with van der Waals surface area (Å²) in [7, 11) is 1.94. The molecule has 4 nitrogen and oxygen atoms in total. The Morgan fingerprint density at radius 1 is 1.42 bits per heavy atom. The van der Waals surface area contributed by atoms with E-state index in [1.165, 1.54) is 5.56 Å². The zero-order chi connectivity index (χ0) is 13.8. The van der Waals surface area contributed by atoms with E-state index in [0.29, 0.717) is 6.42 Å². The molecule has 0 fully saturated rings. The molecule has 2 aromatic rings. The molecule has 1 aromatic carbocycles. The van der Waals surface area contributed by atoms with Crippen LogP contribution in [0.3, 0.4) is 0 Å². The van der Waals surface area contributed by atoms with Crippen LogP contribution in [0.2, 0.25) is 0 Å². The Labute approximate surface area is 117 Å². The summed E-state index contributed by atoms with van der Waals surface area (Å²) in [4.78, 5) is 0. The first-order valence-corrected chi connectivity index (χ1v) is 6.99. The molecule has 3 N–H and O–H groups in total. The van der Waals surface area contributed by atoms with Crippen LogP contribution in [-0.2, 0) is 7.05 Å². The molecule has 0 aliphatic carbocycles. The second-order valence-electron chi connectivity index (χ2n) is 4.49. The highest BCUT2D eigenvalue weighted by molar-refractivity contribution is 7.99. The molecule has 0 aliphatic heterocycles. The van der Waals surface area contributed by atoms with Crippen molar-refractivity contribution in [2.45, 2.75) is 23.6 Å². The monoisotopic (exact) mass is 274 g/mol. The maximum Gasteiger partial charge on any atom is 0.0945 e. The molecule has 1 aromatic heterocycles. The summed E-state index contributed by atoms with van der Waals surface area (Å²) in [6.45, 7) is 1.98. The van der Waals surface area contributed by atoms with Crippen LogP contribution in [0.25, 0.3) is 0 Å². The molecule has 0 bridgehead atoms. The summed E-state index contributed by atoms with van der Waals surface area (Å²) < 4.78 is 1.87. The molecule has 0 aliphatic rings. The Bertz CT molecular complexity index is 562. The molecule has 1 heterocycles. The number of nitrogens with two attached hydrogens (primary N) is 1. The van der Waals surface area contributed by atoms with Gasteiger partial charge in [0, 0.05) is 18.7 Å². The van der Waals surface area contributed by atoms with Crippen LogP contribution in [0.5, 0.6) is 0 Å². The van der Waals surface area contributed by atoms with Gasteiger partial charge in [-0.25, -0.2) is 0 Å². The lowest BCUT2D eigenvalue weighted by Crippen LogP contribution is -2.13.